The van der Waals surface area contributed by atoms with Gasteiger partial charge in [0.2, 0.25) is 5.91 Å². The van der Waals surface area contributed by atoms with Crippen LogP contribution in [0.3, 0.4) is 0 Å². The summed E-state index contributed by atoms with van der Waals surface area (Å²) in [6.45, 7) is 6.36. The topological polar surface area (TPSA) is 35.6 Å². The maximum Gasteiger partial charge on any atom is 0.222 e. The molecule has 6 heteroatoms. The van der Waals surface area contributed by atoms with E-state index < -0.39 is 0 Å². The van der Waals surface area contributed by atoms with E-state index in [2.05, 4.69) is 15.1 Å². The SMILES string of the molecule is Cl.Cl.O=C(CCC1CCNC1)N1CCN(C2CCCC2)CC1. The summed E-state index contributed by atoms with van der Waals surface area (Å²) in [6.07, 6.45) is 8.65. The third-order valence-corrected chi connectivity index (χ3v) is 5.44. The van der Waals surface area contributed by atoms with E-state index in [4.69, 9.17) is 0 Å². The minimum absolute atomic E-state index is 0. The van der Waals surface area contributed by atoms with Gasteiger partial charge in [-0.05, 0) is 44.7 Å². The average Bonchev–Trinajstić information content (AvgIpc) is 3.18. The number of amides is 1. The Morgan fingerprint density at radius 1 is 1.00 bits per heavy atom. The van der Waals surface area contributed by atoms with Gasteiger partial charge < -0.3 is 10.2 Å². The highest BCUT2D eigenvalue weighted by molar-refractivity contribution is 5.85. The Morgan fingerprint density at radius 2 is 1.68 bits per heavy atom. The number of hydrogen-bond donors (Lipinski definition) is 1. The number of nitrogens with one attached hydrogen (secondary N) is 1. The van der Waals surface area contributed by atoms with Gasteiger partial charge >= 0.3 is 0 Å². The maximum absolute atomic E-state index is 12.3. The summed E-state index contributed by atoms with van der Waals surface area (Å²) in [6, 6.07) is 0.816. The number of piperazine rings is 1. The zero-order valence-electron chi connectivity index (χ0n) is 13.5. The second kappa shape index (κ2) is 9.96. The molecule has 1 N–H and O–H groups in total. The number of halogens is 2. The van der Waals surface area contributed by atoms with Crippen LogP contribution in [0.4, 0.5) is 0 Å². The Hall–Kier alpha value is -0.0300. The lowest BCUT2D eigenvalue weighted by Gasteiger charge is -2.38. The monoisotopic (exact) mass is 351 g/mol. The summed E-state index contributed by atoms with van der Waals surface area (Å²) in [5.74, 6) is 1.13. The summed E-state index contributed by atoms with van der Waals surface area (Å²) in [5, 5.41) is 3.38. The highest BCUT2D eigenvalue weighted by Crippen LogP contribution is 2.24. The normalized spacial score (nSPS) is 26.5. The maximum atomic E-state index is 12.3. The van der Waals surface area contributed by atoms with Gasteiger partial charge in [-0.3, -0.25) is 9.69 Å². The van der Waals surface area contributed by atoms with Crippen molar-refractivity contribution >= 4 is 30.7 Å². The smallest absolute Gasteiger partial charge is 0.222 e. The molecule has 0 aromatic rings. The van der Waals surface area contributed by atoms with E-state index in [1.54, 1.807) is 0 Å². The second-order valence-corrected chi connectivity index (χ2v) is 6.75. The molecule has 0 radical (unpaired) electrons. The first-order valence-electron chi connectivity index (χ1n) is 8.55. The summed E-state index contributed by atoms with van der Waals surface area (Å²) in [5.41, 5.74) is 0. The van der Waals surface area contributed by atoms with E-state index >= 15 is 0 Å². The van der Waals surface area contributed by atoms with E-state index in [9.17, 15) is 4.79 Å². The van der Waals surface area contributed by atoms with Gasteiger partial charge in [-0.25, -0.2) is 0 Å². The van der Waals surface area contributed by atoms with Gasteiger partial charge in [0.25, 0.3) is 0 Å². The van der Waals surface area contributed by atoms with Gasteiger partial charge in [-0.15, -0.1) is 24.8 Å². The van der Waals surface area contributed by atoms with Gasteiger partial charge in [-0.2, -0.15) is 0 Å². The zero-order chi connectivity index (χ0) is 13.8. The van der Waals surface area contributed by atoms with Crippen LogP contribution in [0.1, 0.15) is 44.9 Å². The Kier molecular flexibility index (Phi) is 9.07. The van der Waals surface area contributed by atoms with E-state index in [-0.39, 0.29) is 24.8 Å². The molecule has 2 heterocycles. The van der Waals surface area contributed by atoms with Crippen molar-refractivity contribution in [2.75, 3.05) is 39.3 Å². The first-order valence-corrected chi connectivity index (χ1v) is 8.55. The Bertz CT molecular complexity index is 323. The average molecular weight is 352 g/mol. The van der Waals surface area contributed by atoms with Crippen molar-refractivity contribution in [3.8, 4) is 0 Å². The lowest BCUT2D eigenvalue weighted by atomic mass is 10.0. The molecule has 130 valence electrons. The number of nitrogens with zero attached hydrogens (tertiary/aromatic N) is 2. The minimum atomic E-state index is 0. The standard InChI is InChI=1S/C16H29N3O.2ClH/c20-16(6-5-14-7-8-17-13-14)19-11-9-18(10-12-19)15-3-1-2-4-15;;/h14-15,17H,1-13H2;2*1H. The Morgan fingerprint density at radius 3 is 2.27 bits per heavy atom. The fourth-order valence-electron chi connectivity index (χ4n) is 4.05. The van der Waals surface area contributed by atoms with Crippen molar-refractivity contribution in [1.82, 2.24) is 15.1 Å². The molecule has 0 spiro atoms. The third-order valence-electron chi connectivity index (χ3n) is 5.44. The number of carbonyl (C=O) groups excluding carboxylic acids is 1. The van der Waals surface area contributed by atoms with Crippen molar-refractivity contribution in [2.45, 2.75) is 51.0 Å². The van der Waals surface area contributed by atoms with Crippen LogP contribution in [0.15, 0.2) is 0 Å². The first-order chi connectivity index (χ1) is 9.83. The van der Waals surface area contributed by atoms with Crippen LogP contribution in [0.5, 0.6) is 0 Å². The number of hydrogen-bond acceptors (Lipinski definition) is 3. The lowest BCUT2D eigenvalue weighted by molar-refractivity contribution is -0.133. The fourth-order valence-corrected chi connectivity index (χ4v) is 4.05. The predicted octanol–water partition coefficient (Wildman–Crippen LogP) is 2.31. The van der Waals surface area contributed by atoms with Crippen LogP contribution in [0.2, 0.25) is 0 Å². The van der Waals surface area contributed by atoms with Crippen molar-refractivity contribution in [1.29, 1.82) is 0 Å². The molecular formula is C16H31Cl2N3O. The van der Waals surface area contributed by atoms with Crippen molar-refractivity contribution in [3.63, 3.8) is 0 Å². The van der Waals surface area contributed by atoms with Crippen LogP contribution >= 0.6 is 24.8 Å². The van der Waals surface area contributed by atoms with E-state index in [1.165, 1.54) is 32.1 Å². The molecular weight excluding hydrogens is 321 g/mol. The molecule has 1 aliphatic carbocycles. The van der Waals surface area contributed by atoms with Crippen LogP contribution in [0.25, 0.3) is 0 Å². The Labute approximate surface area is 147 Å². The van der Waals surface area contributed by atoms with Crippen molar-refractivity contribution in [2.24, 2.45) is 5.92 Å². The molecule has 3 fully saturated rings. The van der Waals surface area contributed by atoms with Crippen LogP contribution in [-0.4, -0.2) is 61.0 Å². The van der Waals surface area contributed by atoms with Gasteiger partial charge in [0.05, 0.1) is 0 Å². The zero-order valence-corrected chi connectivity index (χ0v) is 15.1. The summed E-state index contributed by atoms with van der Waals surface area (Å²) < 4.78 is 0. The molecule has 1 saturated carbocycles. The van der Waals surface area contributed by atoms with Crippen molar-refractivity contribution < 1.29 is 4.79 Å². The molecule has 1 unspecified atom stereocenters. The molecule has 2 saturated heterocycles. The largest absolute Gasteiger partial charge is 0.340 e. The van der Waals surface area contributed by atoms with Gasteiger partial charge in [0, 0.05) is 38.6 Å². The van der Waals surface area contributed by atoms with Crippen LogP contribution in [-0.2, 0) is 4.79 Å². The lowest BCUT2D eigenvalue weighted by Crippen LogP contribution is -2.51. The van der Waals surface area contributed by atoms with E-state index in [0.717, 1.165) is 64.1 Å². The van der Waals surface area contributed by atoms with Crippen molar-refractivity contribution in [3.05, 3.63) is 0 Å². The molecule has 0 aromatic heterocycles. The molecule has 4 nitrogen and oxygen atoms in total. The third kappa shape index (κ3) is 5.26. The van der Waals surface area contributed by atoms with Crippen LogP contribution < -0.4 is 5.32 Å². The summed E-state index contributed by atoms with van der Waals surface area (Å²) >= 11 is 0. The fraction of sp³-hybridized carbons (Fsp3) is 0.938. The first kappa shape index (κ1) is 20.0. The predicted molar refractivity (Wildman–Crippen MR) is 95.1 cm³/mol. The quantitative estimate of drug-likeness (QED) is 0.843. The van der Waals surface area contributed by atoms with E-state index in [1.807, 2.05) is 0 Å². The number of rotatable bonds is 4. The molecule has 2 aliphatic heterocycles. The van der Waals surface area contributed by atoms with E-state index in [0.29, 0.717) is 5.91 Å². The highest BCUT2D eigenvalue weighted by Gasteiger charge is 2.28. The molecule has 1 atom stereocenters. The molecule has 3 rings (SSSR count). The van der Waals surface area contributed by atoms with Gasteiger partial charge in [0.1, 0.15) is 0 Å². The molecule has 0 aromatic carbocycles. The Balaban J connectivity index is 0.00000121. The van der Waals surface area contributed by atoms with Crippen LogP contribution in [0, 0.1) is 5.92 Å². The highest BCUT2D eigenvalue weighted by atomic mass is 35.5. The second-order valence-electron chi connectivity index (χ2n) is 6.75. The summed E-state index contributed by atoms with van der Waals surface area (Å²) in [7, 11) is 0. The number of carbonyl (C=O) groups is 1. The summed E-state index contributed by atoms with van der Waals surface area (Å²) in [4.78, 5) is 17.0. The molecule has 0 bridgehead atoms. The molecule has 1 amide bonds. The van der Waals surface area contributed by atoms with Gasteiger partial charge in [-0.1, -0.05) is 12.8 Å². The molecule has 22 heavy (non-hydrogen) atoms. The van der Waals surface area contributed by atoms with Gasteiger partial charge in [0.15, 0.2) is 0 Å². The minimum Gasteiger partial charge on any atom is -0.340 e. The molecule has 3 aliphatic rings.